The van der Waals surface area contributed by atoms with Gasteiger partial charge in [-0.1, -0.05) is 36.4 Å². The Balaban J connectivity index is 1.61. The molecule has 0 bridgehead atoms. The van der Waals surface area contributed by atoms with Crippen molar-refractivity contribution in [3.63, 3.8) is 0 Å². The smallest absolute Gasteiger partial charge is 0.328 e. The molecule has 1 amide bonds. The third-order valence-corrected chi connectivity index (χ3v) is 5.46. The average Bonchev–Trinajstić information content (AvgIpc) is 3.00. The van der Waals surface area contributed by atoms with Crippen molar-refractivity contribution in [2.75, 3.05) is 24.6 Å². The summed E-state index contributed by atoms with van der Waals surface area (Å²) in [5.41, 5.74) is 1.04. The van der Waals surface area contributed by atoms with E-state index in [1.165, 1.54) is 11.0 Å². The molecule has 0 spiro atoms. The largest absolute Gasteiger partial charge is 0.454 e. The van der Waals surface area contributed by atoms with E-state index >= 15 is 0 Å². The number of sulfonamides is 1. The number of anilines is 1. The van der Waals surface area contributed by atoms with Crippen molar-refractivity contribution in [2.24, 2.45) is 4.99 Å². The van der Waals surface area contributed by atoms with E-state index in [2.05, 4.69) is 16.3 Å². The van der Waals surface area contributed by atoms with E-state index in [0.717, 1.165) is 0 Å². The predicted molar refractivity (Wildman–Crippen MR) is 108 cm³/mol. The molecule has 0 saturated heterocycles. The van der Waals surface area contributed by atoms with E-state index in [0.29, 0.717) is 11.3 Å². The van der Waals surface area contributed by atoms with Crippen LogP contribution in [0.5, 0.6) is 0 Å². The molecular formula is C20H19N3O5S. The van der Waals surface area contributed by atoms with Crippen molar-refractivity contribution in [1.82, 2.24) is 4.72 Å². The second-order valence-electron chi connectivity index (χ2n) is 6.06. The molecule has 0 radical (unpaired) electrons. The number of hydrogen-bond donors (Lipinski definition) is 1. The molecule has 0 fully saturated rings. The van der Waals surface area contributed by atoms with Crippen LogP contribution in [0.2, 0.25) is 0 Å². The van der Waals surface area contributed by atoms with Crippen LogP contribution in [0.25, 0.3) is 0 Å². The number of para-hydroxylation sites is 1. The van der Waals surface area contributed by atoms with E-state index in [1.807, 2.05) is 6.07 Å². The average molecular weight is 413 g/mol. The number of carbonyl (C=O) groups excluding carboxylic acids is 2. The van der Waals surface area contributed by atoms with Gasteiger partial charge in [0.25, 0.3) is 15.9 Å². The molecule has 0 saturated carbocycles. The predicted octanol–water partition coefficient (Wildman–Crippen LogP) is 1.49. The SMILES string of the molecule is C=CCN(C(=O)COC(=O)CN=C1NS(=O)(=O)c2ccccc21)c1ccccc1. The highest BCUT2D eigenvalue weighted by molar-refractivity contribution is 7.90. The van der Waals surface area contributed by atoms with E-state index < -0.39 is 35.1 Å². The Morgan fingerprint density at radius 2 is 1.79 bits per heavy atom. The molecular weight excluding hydrogens is 394 g/mol. The lowest BCUT2D eigenvalue weighted by Crippen LogP contribution is -2.35. The number of nitrogens with one attached hydrogen (secondary N) is 1. The summed E-state index contributed by atoms with van der Waals surface area (Å²) < 4.78 is 31.4. The number of carbonyl (C=O) groups is 2. The molecule has 1 heterocycles. The van der Waals surface area contributed by atoms with Crippen molar-refractivity contribution in [3.05, 3.63) is 72.8 Å². The van der Waals surface area contributed by atoms with Crippen LogP contribution in [0.15, 0.2) is 77.1 Å². The highest BCUT2D eigenvalue weighted by Crippen LogP contribution is 2.22. The molecule has 0 atom stereocenters. The minimum absolute atomic E-state index is 0.0708. The fourth-order valence-electron chi connectivity index (χ4n) is 2.75. The zero-order chi connectivity index (χ0) is 20.9. The van der Waals surface area contributed by atoms with Gasteiger partial charge in [-0.2, -0.15) is 0 Å². The first-order valence-corrected chi connectivity index (χ1v) is 10.2. The maximum Gasteiger partial charge on any atom is 0.328 e. The van der Waals surface area contributed by atoms with Crippen LogP contribution in [0.3, 0.4) is 0 Å². The number of esters is 1. The van der Waals surface area contributed by atoms with Crippen LogP contribution in [0.1, 0.15) is 5.56 Å². The van der Waals surface area contributed by atoms with Gasteiger partial charge in [0.05, 0.1) is 4.90 Å². The van der Waals surface area contributed by atoms with Crippen molar-refractivity contribution >= 4 is 33.4 Å². The van der Waals surface area contributed by atoms with Gasteiger partial charge >= 0.3 is 5.97 Å². The lowest BCUT2D eigenvalue weighted by molar-refractivity contribution is -0.146. The molecule has 3 rings (SSSR count). The highest BCUT2D eigenvalue weighted by atomic mass is 32.2. The second kappa shape index (κ2) is 8.70. The topological polar surface area (TPSA) is 105 Å². The Kier molecular flexibility index (Phi) is 6.08. The van der Waals surface area contributed by atoms with Crippen LogP contribution in [-0.2, 0) is 24.3 Å². The molecule has 1 aliphatic heterocycles. The summed E-state index contributed by atoms with van der Waals surface area (Å²) in [5.74, 6) is -1.09. The lowest BCUT2D eigenvalue weighted by atomic mass is 10.2. The molecule has 29 heavy (non-hydrogen) atoms. The quantitative estimate of drug-likeness (QED) is 0.547. The summed E-state index contributed by atoms with van der Waals surface area (Å²) in [6.45, 7) is 3.01. The van der Waals surface area contributed by atoms with E-state index in [1.54, 1.807) is 48.5 Å². The van der Waals surface area contributed by atoms with E-state index in [-0.39, 0.29) is 17.3 Å². The summed E-state index contributed by atoms with van der Waals surface area (Å²) in [6.07, 6.45) is 1.57. The fourth-order valence-corrected chi connectivity index (χ4v) is 4.00. The zero-order valence-electron chi connectivity index (χ0n) is 15.4. The Morgan fingerprint density at radius 3 is 2.52 bits per heavy atom. The van der Waals surface area contributed by atoms with Gasteiger partial charge in [0, 0.05) is 17.8 Å². The summed E-state index contributed by atoms with van der Waals surface area (Å²) in [5, 5.41) is 0. The van der Waals surface area contributed by atoms with Gasteiger partial charge < -0.3 is 9.64 Å². The minimum Gasteiger partial charge on any atom is -0.454 e. The number of rotatable bonds is 7. The molecule has 9 heteroatoms. The summed E-state index contributed by atoms with van der Waals surface area (Å²) >= 11 is 0. The summed E-state index contributed by atoms with van der Waals surface area (Å²) in [6, 6.07) is 15.3. The van der Waals surface area contributed by atoms with Crippen LogP contribution in [0, 0.1) is 0 Å². The third-order valence-electron chi connectivity index (χ3n) is 4.07. The van der Waals surface area contributed by atoms with E-state index in [4.69, 9.17) is 4.74 Å². The van der Waals surface area contributed by atoms with Crippen molar-refractivity contribution in [1.29, 1.82) is 0 Å². The molecule has 8 nitrogen and oxygen atoms in total. The Labute approximate surface area is 168 Å². The summed E-state index contributed by atoms with van der Waals surface area (Å²) in [7, 11) is -3.68. The third kappa shape index (κ3) is 4.69. The molecule has 0 aromatic heterocycles. The molecule has 1 aliphatic rings. The monoisotopic (exact) mass is 413 g/mol. The Bertz CT molecular complexity index is 1060. The number of hydrogen-bond acceptors (Lipinski definition) is 6. The first-order valence-electron chi connectivity index (χ1n) is 8.71. The highest BCUT2D eigenvalue weighted by Gasteiger charge is 2.30. The number of benzene rings is 2. The standard InChI is InChI=1S/C20H19N3O5S/c1-2-12-23(15-8-4-3-5-9-15)18(24)14-28-19(25)13-21-20-16-10-6-7-11-17(16)29(26,27)22-20/h2-11H,1,12-14H2,(H,21,22). The van der Waals surface area contributed by atoms with Gasteiger partial charge in [0.1, 0.15) is 12.4 Å². The molecule has 0 unspecified atom stereocenters. The molecule has 0 aliphatic carbocycles. The van der Waals surface area contributed by atoms with Gasteiger partial charge in [0.2, 0.25) is 0 Å². The van der Waals surface area contributed by atoms with Crippen molar-refractivity contribution in [2.45, 2.75) is 4.90 Å². The number of ether oxygens (including phenoxy) is 1. The van der Waals surface area contributed by atoms with Crippen LogP contribution in [0.4, 0.5) is 5.69 Å². The van der Waals surface area contributed by atoms with Crippen LogP contribution in [-0.4, -0.2) is 45.8 Å². The van der Waals surface area contributed by atoms with Gasteiger partial charge in [-0.05, 0) is 24.3 Å². The maximum absolute atomic E-state index is 12.4. The maximum atomic E-state index is 12.4. The molecule has 1 N–H and O–H groups in total. The van der Waals surface area contributed by atoms with Crippen LogP contribution >= 0.6 is 0 Å². The molecule has 2 aromatic carbocycles. The normalized spacial score (nSPS) is 15.2. The Morgan fingerprint density at radius 1 is 1.10 bits per heavy atom. The first-order chi connectivity index (χ1) is 13.9. The van der Waals surface area contributed by atoms with Crippen molar-refractivity contribution < 1.29 is 22.7 Å². The van der Waals surface area contributed by atoms with Crippen LogP contribution < -0.4 is 9.62 Å². The van der Waals surface area contributed by atoms with Gasteiger partial charge in [-0.15, -0.1) is 6.58 Å². The van der Waals surface area contributed by atoms with Crippen molar-refractivity contribution in [3.8, 4) is 0 Å². The fraction of sp³-hybridized carbons (Fsp3) is 0.150. The minimum atomic E-state index is -3.68. The number of amides is 1. The first kappa shape index (κ1) is 20.3. The van der Waals surface area contributed by atoms with E-state index in [9.17, 15) is 18.0 Å². The van der Waals surface area contributed by atoms with Gasteiger partial charge in [-0.3, -0.25) is 19.3 Å². The number of fused-ring (bicyclic) bond motifs is 1. The van der Waals surface area contributed by atoms with Gasteiger partial charge in [0.15, 0.2) is 6.61 Å². The second-order valence-corrected chi connectivity index (χ2v) is 7.71. The molecule has 150 valence electrons. The van der Waals surface area contributed by atoms with Gasteiger partial charge in [-0.25, -0.2) is 8.42 Å². The Hall–Kier alpha value is -3.46. The number of nitrogens with zero attached hydrogens (tertiary/aromatic N) is 2. The zero-order valence-corrected chi connectivity index (χ0v) is 16.3. The summed E-state index contributed by atoms with van der Waals surface area (Å²) in [4.78, 5) is 29.9. The lowest BCUT2D eigenvalue weighted by Gasteiger charge is -2.21. The molecule has 2 aromatic rings. The number of aliphatic imine (C=N–C) groups is 1. The number of amidine groups is 1.